The van der Waals surface area contributed by atoms with Crippen molar-refractivity contribution in [2.24, 2.45) is 0 Å². The predicted molar refractivity (Wildman–Crippen MR) is 109 cm³/mol. The number of rotatable bonds is 8. The van der Waals surface area contributed by atoms with Crippen LogP contribution in [0.1, 0.15) is 11.1 Å². The van der Waals surface area contributed by atoms with Crippen LogP contribution in [0.15, 0.2) is 53.4 Å². The second kappa shape index (κ2) is 10.2. The van der Waals surface area contributed by atoms with E-state index in [1.165, 1.54) is 4.31 Å². The molecule has 1 amide bonds. The largest absolute Gasteiger partial charge is 0.484 e. The van der Waals surface area contributed by atoms with E-state index in [1.54, 1.807) is 48.5 Å². The molecule has 1 aliphatic heterocycles. The molecule has 0 bridgehead atoms. The zero-order valence-corrected chi connectivity index (χ0v) is 17.2. The van der Waals surface area contributed by atoms with Gasteiger partial charge < -0.3 is 14.8 Å². The number of nitrogens with one attached hydrogen (secondary N) is 1. The highest BCUT2D eigenvalue weighted by Crippen LogP contribution is 2.18. The second-order valence-electron chi connectivity index (χ2n) is 6.70. The molecule has 158 valence electrons. The first-order valence-corrected chi connectivity index (χ1v) is 11.0. The molecule has 1 heterocycles. The lowest BCUT2D eigenvalue weighted by Crippen LogP contribution is -2.40. The fourth-order valence-electron chi connectivity index (χ4n) is 2.91. The first-order valence-electron chi connectivity index (χ1n) is 9.51. The first-order chi connectivity index (χ1) is 14.5. The third-order valence-electron chi connectivity index (χ3n) is 4.60. The number of nitrogens with zero attached hydrogens (tertiary/aromatic N) is 2. The van der Waals surface area contributed by atoms with Crippen molar-refractivity contribution in [2.45, 2.75) is 17.9 Å². The van der Waals surface area contributed by atoms with Crippen LogP contribution in [0.4, 0.5) is 0 Å². The van der Waals surface area contributed by atoms with Gasteiger partial charge in [-0.3, -0.25) is 4.79 Å². The van der Waals surface area contributed by atoms with E-state index in [4.69, 9.17) is 14.7 Å². The summed E-state index contributed by atoms with van der Waals surface area (Å²) in [7, 11) is -3.53. The summed E-state index contributed by atoms with van der Waals surface area (Å²) in [4.78, 5) is 12.2. The average Bonchev–Trinajstić information content (AvgIpc) is 2.78. The summed E-state index contributed by atoms with van der Waals surface area (Å²) in [6.07, 6.45) is 0.327. The highest BCUT2D eigenvalue weighted by Gasteiger charge is 2.26. The normalized spacial score (nSPS) is 14.6. The van der Waals surface area contributed by atoms with Gasteiger partial charge in [-0.25, -0.2) is 8.42 Å². The Morgan fingerprint density at radius 2 is 1.70 bits per heavy atom. The average molecular weight is 429 g/mol. The molecule has 0 spiro atoms. The van der Waals surface area contributed by atoms with Gasteiger partial charge in [-0.05, 0) is 35.4 Å². The summed E-state index contributed by atoms with van der Waals surface area (Å²) in [5.74, 6) is 0.255. The number of ether oxygens (including phenoxy) is 2. The maximum atomic E-state index is 12.6. The third-order valence-corrected chi connectivity index (χ3v) is 6.51. The van der Waals surface area contributed by atoms with E-state index in [-0.39, 0.29) is 24.0 Å². The summed E-state index contributed by atoms with van der Waals surface area (Å²) in [5, 5.41) is 11.4. The Morgan fingerprint density at radius 1 is 1.07 bits per heavy atom. The van der Waals surface area contributed by atoms with Gasteiger partial charge in [0.25, 0.3) is 5.91 Å². The molecule has 0 unspecified atom stereocenters. The van der Waals surface area contributed by atoms with Crippen molar-refractivity contribution in [3.63, 3.8) is 0 Å². The van der Waals surface area contributed by atoms with E-state index in [2.05, 4.69) is 11.4 Å². The molecule has 0 radical (unpaired) electrons. The number of hydrogen-bond donors (Lipinski definition) is 1. The van der Waals surface area contributed by atoms with E-state index < -0.39 is 10.0 Å². The van der Waals surface area contributed by atoms with E-state index in [1.807, 2.05) is 0 Å². The Kier molecular flexibility index (Phi) is 7.41. The molecule has 2 aromatic carbocycles. The molecule has 1 aliphatic rings. The number of sulfonamides is 1. The number of carbonyl (C=O) groups excluding carboxylic acids is 1. The van der Waals surface area contributed by atoms with Gasteiger partial charge in [-0.15, -0.1) is 0 Å². The minimum absolute atomic E-state index is 0.138. The van der Waals surface area contributed by atoms with Crippen molar-refractivity contribution >= 4 is 15.9 Å². The number of carbonyl (C=O) groups is 1. The summed E-state index contributed by atoms with van der Waals surface area (Å²) < 4.78 is 37.3. The molecular formula is C21H23N3O5S. The van der Waals surface area contributed by atoms with Crippen molar-refractivity contribution in [3.05, 3.63) is 59.7 Å². The zero-order valence-electron chi connectivity index (χ0n) is 16.4. The topological polar surface area (TPSA) is 109 Å². The Morgan fingerprint density at radius 3 is 2.33 bits per heavy atom. The molecule has 8 nitrogen and oxygen atoms in total. The van der Waals surface area contributed by atoms with Crippen molar-refractivity contribution in [1.29, 1.82) is 5.26 Å². The standard InChI is InChI=1S/C21H23N3O5S/c22-10-9-17-1-5-19(6-2-17)29-16-21(25)23-15-18-3-7-20(8-4-18)30(26,27)24-11-13-28-14-12-24/h1-8H,9,11-16H2,(H,23,25). The molecule has 0 aliphatic carbocycles. The lowest BCUT2D eigenvalue weighted by Gasteiger charge is -2.26. The van der Waals surface area contributed by atoms with Crippen LogP contribution in [0, 0.1) is 11.3 Å². The summed E-state index contributed by atoms with van der Waals surface area (Å²) in [5.41, 5.74) is 1.67. The molecule has 1 fully saturated rings. The van der Waals surface area contributed by atoms with Crippen LogP contribution in [0.25, 0.3) is 0 Å². The fraction of sp³-hybridized carbons (Fsp3) is 0.333. The van der Waals surface area contributed by atoms with Gasteiger partial charge in [0.2, 0.25) is 10.0 Å². The summed E-state index contributed by atoms with van der Waals surface area (Å²) in [6, 6.07) is 15.5. The molecule has 0 saturated carbocycles. The molecule has 1 saturated heterocycles. The predicted octanol–water partition coefficient (Wildman–Crippen LogP) is 1.47. The van der Waals surface area contributed by atoms with Crippen molar-refractivity contribution in [2.75, 3.05) is 32.9 Å². The molecular weight excluding hydrogens is 406 g/mol. The molecule has 0 atom stereocenters. The van der Waals surface area contributed by atoms with Crippen LogP contribution in [0.2, 0.25) is 0 Å². The highest BCUT2D eigenvalue weighted by molar-refractivity contribution is 7.89. The first kappa shape index (κ1) is 21.8. The van der Waals surface area contributed by atoms with E-state index in [9.17, 15) is 13.2 Å². The van der Waals surface area contributed by atoms with Crippen molar-refractivity contribution < 1.29 is 22.7 Å². The smallest absolute Gasteiger partial charge is 0.258 e. The number of amides is 1. The number of morpholine rings is 1. The molecule has 30 heavy (non-hydrogen) atoms. The van der Waals surface area contributed by atoms with Crippen LogP contribution in [-0.2, 0) is 32.5 Å². The van der Waals surface area contributed by atoms with Crippen LogP contribution < -0.4 is 10.1 Å². The Balaban J connectivity index is 1.47. The SMILES string of the molecule is N#CCc1ccc(OCC(=O)NCc2ccc(S(=O)(=O)N3CCOCC3)cc2)cc1. The van der Waals surface area contributed by atoms with Crippen molar-refractivity contribution in [3.8, 4) is 11.8 Å². The van der Waals surface area contributed by atoms with Gasteiger partial charge >= 0.3 is 0 Å². The molecule has 9 heteroatoms. The van der Waals surface area contributed by atoms with Crippen molar-refractivity contribution in [1.82, 2.24) is 9.62 Å². The monoisotopic (exact) mass is 429 g/mol. The van der Waals surface area contributed by atoms with E-state index in [0.717, 1.165) is 11.1 Å². The van der Waals surface area contributed by atoms with Gasteiger partial charge in [0.15, 0.2) is 6.61 Å². The van der Waals surface area contributed by atoms with Gasteiger partial charge in [-0.1, -0.05) is 24.3 Å². The van der Waals surface area contributed by atoms with Gasteiger partial charge in [-0.2, -0.15) is 9.57 Å². The second-order valence-corrected chi connectivity index (χ2v) is 8.64. The van der Waals surface area contributed by atoms with E-state index in [0.29, 0.717) is 38.5 Å². The van der Waals surface area contributed by atoms with E-state index >= 15 is 0 Å². The zero-order chi connectivity index (χ0) is 21.4. The van der Waals surface area contributed by atoms with Gasteiger partial charge in [0.05, 0.1) is 30.6 Å². The van der Waals surface area contributed by atoms with Gasteiger partial charge in [0.1, 0.15) is 5.75 Å². The lowest BCUT2D eigenvalue weighted by atomic mass is 10.2. The number of nitriles is 1. The highest BCUT2D eigenvalue weighted by atomic mass is 32.2. The fourth-order valence-corrected chi connectivity index (χ4v) is 4.32. The third kappa shape index (κ3) is 5.79. The van der Waals surface area contributed by atoms with Crippen LogP contribution in [0.5, 0.6) is 5.75 Å². The lowest BCUT2D eigenvalue weighted by molar-refractivity contribution is -0.123. The molecule has 0 aromatic heterocycles. The number of hydrogen-bond acceptors (Lipinski definition) is 6. The molecule has 2 aromatic rings. The maximum absolute atomic E-state index is 12.6. The Labute approximate surface area is 176 Å². The summed E-state index contributed by atoms with van der Waals surface area (Å²) in [6.45, 7) is 1.62. The Hall–Kier alpha value is -2.93. The minimum Gasteiger partial charge on any atom is -0.484 e. The van der Waals surface area contributed by atoms with Crippen LogP contribution in [-0.4, -0.2) is 51.5 Å². The maximum Gasteiger partial charge on any atom is 0.258 e. The quantitative estimate of drug-likeness (QED) is 0.681. The molecule has 3 rings (SSSR count). The van der Waals surface area contributed by atoms with Crippen LogP contribution >= 0.6 is 0 Å². The Bertz CT molecular complexity index is 992. The minimum atomic E-state index is -3.53. The van der Waals surface area contributed by atoms with Crippen LogP contribution in [0.3, 0.4) is 0 Å². The summed E-state index contributed by atoms with van der Waals surface area (Å²) >= 11 is 0. The van der Waals surface area contributed by atoms with Gasteiger partial charge in [0, 0.05) is 19.6 Å². The number of benzene rings is 2. The molecule has 1 N–H and O–H groups in total.